The molecule has 3 aromatic heterocycles. The first kappa shape index (κ1) is 13.3. The van der Waals surface area contributed by atoms with E-state index >= 15 is 0 Å². The van der Waals surface area contributed by atoms with Crippen LogP contribution < -0.4 is 5.73 Å². The zero-order valence-electron chi connectivity index (χ0n) is 11.0. The summed E-state index contributed by atoms with van der Waals surface area (Å²) in [6.07, 6.45) is 1.86. The van der Waals surface area contributed by atoms with Crippen LogP contribution in [0.2, 0.25) is 0 Å². The summed E-state index contributed by atoms with van der Waals surface area (Å²) in [6, 6.07) is 7.27. The number of amidine groups is 1. The van der Waals surface area contributed by atoms with Crippen molar-refractivity contribution in [1.29, 1.82) is 0 Å². The fraction of sp³-hybridized carbons (Fsp3) is 0.0833. The maximum absolute atomic E-state index is 8.74. The fourth-order valence-corrected chi connectivity index (χ4v) is 2.57. The molecule has 3 heterocycles. The Labute approximate surface area is 123 Å². The third-order valence-corrected chi connectivity index (χ3v) is 3.49. The quantitative estimate of drug-likeness (QED) is 0.244. The average molecular weight is 301 g/mol. The lowest BCUT2D eigenvalue weighted by Gasteiger charge is -2.03. The second-order valence-electron chi connectivity index (χ2n) is 4.18. The lowest BCUT2D eigenvalue weighted by atomic mass is 10.3. The van der Waals surface area contributed by atoms with Gasteiger partial charge >= 0.3 is 0 Å². The van der Waals surface area contributed by atoms with Gasteiger partial charge < -0.3 is 10.9 Å². The van der Waals surface area contributed by atoms with Crippen LogP contribution in [-0.4, -0.2) is 35.6 Å². The molecule has 0 unspecified atom stereocenters. The normalized spacial score (nSPS) is 12.0. The summed E-state index contributed by atoms with van der Waals surface area (Å²) >= 11 is 1.25. The molecular formula is C12H11N7OS. The van der Waals surface area contributed by atoms with Gasteiger partial charge in [0.25, 0.3) is 0 Å². The van der Waals surface area contributed by atoms with Gasteiger partial charge in [-0.05, 0) is 36.9 Å². The van der Waals surface area contributed by atoms with E-state index in [1.165, 1.54) is 11.8 Å². The van der Waals surface area contributed by atoms with E-state index in [1.54, 1.807) is 6.07 Å². The maximum Gasteiger partial charge on any atom is 0.203 e. The molecule has 0 radical (unpaired) electrons. The molecular weight excluding hydrogens is 290 g/mol. The Morgan fingerprint density at radius 1 is 1.33 bits per heavy atom. The van der Waals surface area contributed by atoms with E-state index in [0.29, 0.717) is 21.7 Å². The predicted octanol–water partition coefficient (Wildman–Crippen LogP) is 1.07. The highest BCUT2D eigenvalue weighted by Gasteiger charge is 2.11. The van der Waals surface area contributed by atoms with Gasteiger partial charge in [-0.3, -0.25) is 4.40 Å². The monoisotopic (exact) mass is 301 g/mol. The van der Waals surface area contributed by atoms with Crippen LogP contribution >= 0.6 is 11.8 Å². The molecule has 0 bridgehead atoms. The Kier molecular flexibility index (Phi) is 3.40. The van der Waals surface area contributed by atoms with Gasteiger partial charge in [-0.1, -0.05) is 11.2 Å². The number of aryl methyl sites for hydroxylation is 1. The van der Waals surface area contributed by atoms with Gasteiger partial charge in [0.15, 0.2) is 16.6 Å². The van der Waals surface area contributed by atoms with Crippen LogP contribution in [0.4, 0.5) is 0 Å². The molecule has 0 saturated carbocycles. The zero-order chi connectivity index (χ0) is 14.8. The number of hydrogen-bond acceptors (Lipinski definition) is 7. The molecule has 9 heteroatoms. The summed E-state index contributed by atoms with van der Waals surface area (Å²) in [5.74, 6) is -0.0616. The van der Waals surface area contributed by atoms with E-state index in [4.69, 9.17) is 10.9 Å². The summed E-state index contributed by atoms with van der Waals surface area (Å²) < 4.78 is 1.83. The van der Waals surface area contributed by atoms with Crippen molar-refractivity contribution >= 4 is 23.2 Å². The van der Waals surface area contributed by atoms with E-state index in [0.717, 1.165) is 5.65 Å². The first-order valence-corrected chi connectivity index (χ1v) is 6.80. The van der Waals surface area contributed by atoms with Crippen LogP contribution in [0, 0.1) is 6.92 Å². The Morgan fingerprint density at radius 3 is 3.00 bits per heavy atom. The van der Waals surface area contributed by atoms with Crippen molar-refractivity contribution in [1.82, 2.24) is 24.6 Å². The number of rotatable bonds is 3. The van der Waals surface area contributed by atoms with E-state index in [2.05, 4.69) is 25.3 Å². The van der Waals surface area contributed by atoms with Crippen molar-refractivity contribution in [2.75, 3.05) is 0 Å². The number of aromatic nitrogens is 5. The first-order chi connectivity index (χ1) is 10.2. The topological polar surface area (TPSA) is 115 Å². The second kappa shape index (κ2) is 5.37. The highest BCUT2D eigenvalue weighted by atomic mass is 32.2. The number of fused-ring (bicyclic) bond motifs is 1. The van der Waals surface area contributed by atoms with Gasteiger partial charge in [-0.25, -0.2) is 9.97 Å². The van der Waals surface area contributed by atoms with Gasteiger partial charge in [0.1, 0.15) is 5.69 Å². The minimum absolute atomic E-state index is 0.0616. The van der Waals surface area contributed by atoms with Crippen LogP contribution in [0.15, 0.2) is 45.9 Å². The number of pyridine rings is 1. The molecule has 0 aliphatic carbocycles. The maximum atomic E-state index is 8.74. The van der Waals surface area contributed by atoms with E-state index in [-0.39, 0.29) is 5.84 Å². The second-order valence-corrected chi connectivity index (χ2v) is 5.11. The van der Waals surface area contributed by atoms with Crippen LogP contribution in [0.1, 0.15) is 11.4 Å². The third-order valence-electron chi connectivity index (χ3n) is 2.67. The van der Waals surface area contributed by atoms with Crippen molar-refractivity contribution in [3.63, 3.8) is 0 Å². The largest absolute Gasteiger partial charge is 0.409 e. The molecule has 106 valence electrons. The van der Waals surface area contributed by atoms with Crippen LogP contribution in [0.25, 0.3) is 5.65 Å². The molecule has 0 aliphatic heterocycles. The Morgan fingerprint density at radius 2 is 2.19 bits per heavy atom. The molecule has 0 saturated heterocycles. The van der Waals surface area contributed by atoms with Crippen LogP contribution in [-0.2, 0) is 0 Å². The Bertz CT molecular complexity index is 829. The van der Waals surface area contributed by atoms with E-state index in [9.17, 15) is 0 Å². The summed E-state index contributed by atoms with van der Waals surface area (Å²) in [7, 11) is 0. The summed E-state index contributed by atoms with van der Waals surface area (Å²) in [5.41, 5.74) is 7.38. The van der Waals surface area contributed by atoms with Crippen molar-refractivity contribution in [3.8, 4) is 0 Å². The number of nitrogens with zero attached hydrogens (tertiary/aromatic N) is 6. The average Bonchev–Trinajstić information content (AvgIpc) is 2.89. The molecule has 0 aliphatic rings. The van der Waals surface area contributed by atoms with Gasteiger partial charge in [0, 0.05) is 11.9 Å². The van der Waals surface area contributed by atoms with Crippen molar-refractivity contribution < 1.29 is 5.21 Å². The van der Waals surface area contributed by atoms with E-state index in [1.807, 2.05) is 35.7 Å². The summed E-state index contributed by atoms with van der Waals surface area (Å²) in [4.78, 5) is 8.55. The lowest BCUT2D eigenvalue weighted by molar-refractivity contribution is 0.318. The van der Waals surface area contributed by atoms with Gasteiger partial charge in [0.05, 0.1) is 0 Å². The smallest absolute Gasteiger partial charge is 0.203 e. The first-order valence-electron chi connectivity index (χ1n) is 5.98. The summed E-state index contributed by atoms with van der Waals surface area (Å²) in [6.45, 7) is 1.81. The van der Waals surface area contributed by atoms with Crippen molar-refractivity contribution in [2.45, 2.75) is 17.2 Å². The molecule has 0 atom stereocenters. The van der Waals surface area contributed by atoms with E-state index < -0.39 is 0 Å². The molecule has 3 aromatic rings. The minimum atomic E-state index is -0.0616. The predicted molar refractivity (Wildman–Crippen MR) is 76.4 cm³/mol. The molecule has 3 rings (SSSR count). The van der Waals surface area contributed by atoms with Gasteiger partial charge in [0.2, 0.25) is 5.16 Å². The van der Waals surface area contributed by atoms with Crippen LogP contribution in [0.5, 0.6) is 0 Å². The molecule has 21 heavy (non-hydrogen) atoms. The molecule has 0 aromatic carbocycles. The van der Waals surface area contributed by atoms with Gasteiger partial charge in [-0.2, -0.15) is 0 Å². The minimum Gasteiger partial charge on any atom is -0.409 e. The molecule has 0 spiro atoms. The highest BCUT2D eigenvalue weighted by Crippen LogP contribution is 2.23. The molecule has 3 N–H and O–H groups in total. The number of nitrogens with two attached hydrogens (primary N) is 1. The standard InChI is InChI=1S/C12H11N7OS/c1-7-6-8(10(13)18-20)15-11(14-7)21-12-17-16-9-4-2-3-5-19(9)12/h2-6,20H,1H3,(H2,13,18). The van der Waals surface area contributed by atoms with Crippen molar-refractivity contribution in [3.05, 3.63) is 41.9 Å². The molecule has 0 amide bonds. The Balaban J connectivity index is 2.00. The highest BCUT2D eigenvalue weighted by molar-refractivity contribution is 7.99. The SMILES string of the molecule is Cc1cc(/C(N)=N/O)nc(Sc2nnc3ccccn23)n1. The molecule has 8 nitrogen and oxygen atoms in total. The number of oxime groups is 1. The lowest BCUT2D eigenvalue weighted by Crippen LogP contribution is -2.16. The van der Waals surface area contributed by atoms with Crippen LogP contribution in [0.3, 0.4) is 0 Å². The number of hydrogen-bond donors (Lipinski definition) is 2. The van der Waals surface area contributed by atoms with Gasteiger partial charge in [-0.15, -0.1) is 10.2 Å². The molecule has 0 fully saturated rings. The fourth-order valence-electron chi connectivity index (χ4n) is 1.74. The van der Waals surface area contributed by atoms with Crippen molar-refractivity contribution in [2.24, 2.45) is 10.9 Å². The summed E-state index contributed by atoms with van der Waals surface area (Å²) in [5, 5.41) is 20.9. The zero-order valence-corrected chi connectivity index (χ0v) is 11.8. The third kappa shape index (κ3) is 2.63. The Hall–Kier alpha value is -2.68.